The Labute approximate surface area is 92.4 Å². The van der Waals surface area contributed by atoms with Crippen LogP contribution in [-0.2, 0) is 10.1 Å². The van der Waals surface area contributed by atoms with Crippen LogP contribution in [0.1, 0.15) is 20.3 Å². The summed E-state index contributed by atoms with van der Waals surface area (Å²) in [5.41, 5.74) is 0. The van der Waals surface area contributed by atoms with Gasteiger partial charge in [0.1, 0.15) is 0 Å². The van der Waals surface area contributed by atoms with Gasteiger partial charge in [-0.15, -0.1) is 0 Å². The zero-order chi connectivity index (χ0) is 10.2. The fraction of sp³-hybridized carbons (Fsp3) is 0.714. The fourth-order valence-electron chi connectivity index (χ4n) is 0.167. The molecule has 5 heteroatoms. The summed E-state index contributed by atoms with van der Waals surface area (Å²) in [5.74, 6) is -0.201. The Bertz CT molecular complexity index is 199. The second-order valence-electron chi connectivity index (χ2n) is 2.49. The van der Waals surface area contributed by atoms with Crippen molar-refractivity contribution in [2.75, 3.05) is 5.75 Å². The normalized spacial score (nSPS) is 12.8. The maximum Gasteiger partial charge on any atom is 0.264 e. The Morgan fingerprint density at radius 2 is 1.92 bits per heavy atom. The van der Waals surface area contributed by atoms with Crippen molar-refractivity contribution in [3.63, 3.8) is 0 Å². The summed E-state index contributed by atoms with van der Waals surface area (Å²) in [6.07, 6.45) is 3.31. The largest absolute Gasteiger partial charge is 0.286 e. The van der Waals surface area contributed by atoms with Crippen molar-refractivity contribution in [3.8, 4) is 0 Å². The van der Waals surface area contributed by atoms with Gasteiger partial charge in [-0.2, -0.15) is 8.42 Å². The molecule has 0 rings (SSSR count). The molecule has 0 bridgehead atoms. The Hall–Kier alpha value is 0.650. The van der Waals surface area contributed by atoms with E-state index in [1.54, 1.807) is 0 Å². The van der Waals surface area contributed by atoms with E-state index >= 15 is 0 Å². The molecule has 0 aliphatic carbocycles. The van der Waals surface area contributed by atoms with Crippen LogP contribution in [0.2, 0.25) is 3.17 Å². The van der Waals surface area contributed by atoms with Crippen molar-refractivity contribution in [1.82, 2.24) is 0 Å². The molecule has 1 atom stereocenters. The Morgan fingerprint density at radius 3 is 1.92 bits per heavy atom. The zero-order valence-corrected chi connectivity index (χ0v) is 10.8. The molecule has 68 valence electrons. The summed E-state index contributed by atoms with van der Waals surface area (Å²) in [4.78, 5) is 0. The number of rotatable bonds is 3. The first kappa shape index (κ1) is 15.1. The molecule has 0 aromatic rings. The van der Waals surface area contributed by atoms with Crippen LogP contribution in [-0.4, -0.2) is 46.7 Å². The van der Waals surface area contributed by atoms with Crippen LogP contribution in [0, 0.1) is 0 Å². The molecule has 0 aromatic heterocycles. The summed E-state index contributed by atoms with van der Waals surface area (Å²) < 4.78 is 27.7. The van der Waals surface area contributed by atoms with Crippen molar-refractivity contribution >= 4 is 38.0 Å². The van der Waals surface area contributed by atoms with Crippen LogP contribution in [0.5, 0.6) is 0 Å². The van der Waals surface area contributed by atoms with Crippen LogP contribution < -0.4 is 0 Å². The first-order chi connectivity index (χ1) is 5.37. The molecule has 1 N–H and O–H groups in total. The average Bonchev–Trinajstić information content (AvgIpc) is 2.03. The predicted octanol–water partition coefficient (Wildman–Crippen LogP) is 1.43. The van der Waals surface area contributed by atoms with Crippen molar-refractivity contribution in [3.05, 3.63) is 12.7 Å². The van der Waals surface area contributed by atoms with Crippen LogP contribution in [0.25, 0.3) is 0 Å². The van der Waals surface area contributed by atoms with E-state index in [0.717, 1.165) is 3.17 Å². The van der Waals surface area contributed by atoms with Gasteiger partial charge in [0, 0.05) is 0 Å². The second kappa shape index (κ2) is 8.26. The minimum atomic E-state index is -3.66. The third-order valence-corrected chi connectivity index (χ3v) is 3.43. The molecule has 0 radical (unpaired) electrons. The standard InChI is InChI=1S/C5H9.C2H6O3S.Na/c1-3-5-4-2;1-2-6(3,4)5;/h3,5H,1,4H2,2H3;2H2,1H3,(H,3,4,5);. The Balaban J connectivity index is 0. The number of hydrogen-bond acceptors (Lipinski definition) is 2. The summed E-state index contributed by atoms with van der Waals surface area (Å²) >= 11 is 1.27. The van der Waals surface area contributed by atoms with Crippen molar-refractivity contribution < 1.29 is 13.0 Å². The van der Waals surface area contributed by atoms with Gasteiger partial charge in [0.15, 0.2) is 0 Å². The maximum atomic E-state index is 9.56. The van der Waals surface area contributed by atoms with Crippen molar-refractivity contribution in [2.45, 2.75) is 23.4 Å². The molecular weight excluding hydrogens is 187 g/mol. The molecule has 1 unspecified atom stereocenters. The third-order valence-electron chi connectivity index (χ3n) is 1.41. The molecular formula is C7H15NaO3S. The first-order valence-electron chi connectivity index (χ1n) is 3.95. The van der Waals surface area contributed by atoms with Gasteiger partial charge in [-0.25, -0.2) is 0 Å². The van der Waals surface area contributed by atoms with Gasteiger partial charge in [0.25, 0.3) is 10.1 Å². The zero-order valence-electron chi connectivity index (χ0n) is 7.95. The molecule has 0 spiro atoms. The summed E-state index contributed by atoms with van der Waals surface area (Å²) in [5, 5.41) is 0. The van der Waals surface area contributed by atoms with E-state index in [1.165, 1.54) is 41.3 Å². The molecule has 0 aromatic carbocycles. The third kappa shape index (κ3) is 16.9. The monoisotopic (exact) mass is 202 g/mol. The SMILES string of the molecule is C=C[CH]([Na])CC.CCS(=O)(=O)O. The van der Waals surface area contributed by atoms with E-state index in [1.807, 2.05) is 6.08 Å². The minimum absolute atomic E-state index is 0.201. The molecule has 3 nitrogen and oxygen atoms in total. The van der Waals surface area contributed by atoms with Crippen LogP contribution in [0.3, 0.4) is 0 Å². The first-order valence-corrected chi connectivity index (χ1v) is 6.71. The number of allylic oxidation sites excluding steroid dienone is 1. The van der Waals surface area contributed by atoms with Gasteiger partial charge in [-0.3, -0.25) is 4.55 Å². The molecule has 0 saturated heterocycles. The van der Waals surface area contributed by atoms with Gasteiger partial charge < -0.3 is 0 Å². The Kier molecular flexibility index (Phi) is 10.4. The van der Waals surface area contributed by atoms with E-state index in [4.69, 9.17) is 4.55 Å². The Morgan fingerprint density at radius 1 is 1.58 bits per heavy atom. The quantitative estimate of drug-likeness (QED) is 0.428. The molecule has 12 heavy (non-hydrogen) atoms. The summed E-state index contributed by atoms with van der Waals surface area (Å²) in [6, 6.07) is 0. The average molecular weight is 202 g/mol. The topological polar surface area (TPSA) is 54.4 Å². The van der Waals surface area contributed by atoms with Crippen LogP contribution >= 0.6 is 0 Å². The smallest absolute Gasteiger partial charge is 0.264 e. The van der Waals surface area contributed by atoms with Gasteiger partial charge in [-0.1, -0.05) is 0 Å². The number of hydrogen-bond donors (Lipinski definition) is 1. The fourth-order valence-corrected chi connectivity index (χ4v) is 0.167. The molecule has 0 aliphatic rings. The van der Waals surface area contributed by atoms with Gasteiger partial charge in [-0.05, 0) is 6.92 Å². The van der Waals surface area contributed by atoms with E-state index in [-0.39, 0.29) is 5.75 Å². The van der Waals surface area contributed by atoms with Gasteiger partial charge >= 0.3 is 57.1 Å². The van der Waals surface area contributed by atoms with Gasteiger partial charge in [0.2, 0.25) is 0 Å². The molecule has 0 fully saturated rings. The van der Waals surface area contributed by atoms with E-state index < -0.39 is 10.1 Å². The minimum Gasteiger partial charge on any atom is -0.286 e. The molecule has 0 heterocycles. The van der Waals surface area contributed by atoms with Crippen molar-refractivity contribution in [1.29, 1.82) is 0 Å². The van der Waals surface area contributed by atoms with Crippen LogP contribution in [0.4, 0.5) is 0 Å². The predicted molar refractivity (Wildman–Crippen MR) is 52.1 cm³/mol. The summed E-state index contributed by atoms with van der Waals surface area (Å²) in [7, 11) is -3.66. The maximum absolute atomic E-state index is 9.56. The molecule has 0 saturated carbocycles. The molecule has 0 amide bonds. The van der Waals surface area contributed by atoms with Crippen molar-refractivity contribution in [2.24, 2.45) is 0 Å². The van der Waals surface area contributed by atoms with Gasteiger partial charge in [0.05, 0.1) is 5.75 Å². The van der Waals surface area contributed by atoms with E-state index in [0.29, 0.717) is 0 Å². The van der Waals surface area contributed by atoms with E-state index in [2.05, 4.69) is 13.5 Å². The second-order valence-corrected chi connectivity index (χ2v) is 5.72. The molecule has 0 aliphatic heterocycles. The summed E-state index contributed by atoms with van der Waals surface area (Å²) in [6.45, 7) is 7.23. The van der Waals surface area contributed by atoms with Crippen LogP contribution in [0.15, 0.2) is 12.7 Å². The van der Waals surface area contributed by atoms with E-state index in [9.17, 15) is 8.42 Å².